The van der Waals surface area contributed by atoms with Crippen molar-refractivity contribution in [2.24, 2.45) is 0 Å². The monoisotopic (exact) mass is 313 g/mol. The van der Waals surface area contributed by atoms with E-state index in [9.17, 15) is 9.59 Å². The Morgan fingerprint density at radius 2 is 2.04 bits per heavy atom. The van der Waals surface area contributed by atoms with E-state index >= 15 is 0 Å². The van der Waals surface area contributed by atoms with Gasteiger partial charge in [-0.3, -0.25) is 9.59 Å². The van der Waals surface area contributed by atoms with Gasteiger partial charge in [0.1, 0.15) is 25.0 Å². The number of aromatic nitrogens is 2. The third-order valence-corrected chi connectivity index (χ3v) is 3.39. The zero-order valence-corrected chi connectivity index (χ0v) is 11.8. The Labute approximate surface area is 129 Å². The second-order valence-corrected chi connectivity index (χ2v) is 4.85. The second kappa shape index (κ2) is 5.16. The maximum atomic E-state index is 12.3. The zero-order valence-electron chi connectivity index (χ0n) is 11.8. The summed E-state index contributed by atoms with van der Waals surface area (Å²) < 4.78 is 17.0. The Bertz CT molecular complexity index is 959. The minimum atomic E-state index is -0.560. The first kappa shape index (κ1) is 13.4. The average Bonchev–Trinajstić information content (AvgIpc) is 3.04. The molecule has 8 heteroatoms. The Balaban J connectivity index is 1.64. The number of hydrogen-bond acceptors (Lipinski definition) is 6. The van der Waals surface area contributed by atoms with Crippen LogP contribution in [0.25, 0.3) is 5.84 Å². The highest BCUT2D eigenvalue weighted by Gasteiger charge is 2.17. The van der Waals surface area contributed by atoms with Gasteiger partial charge in [0.05, 0.1) is 12.4 Å². The van der Waals surface area contributed by atoms with Crippen molar-refractivity contribution in [3.63, 3.8) is 0 Å². The van der Waals surface area contributed by atoms with Crippen LogP contribution in [0.1, 0.15) is 10.4 Å². The van der Waals surface area contributed by atoms with Crippen molar-refractivity contribution in [1.29, 1.82) is 0 Å². The van der Waals surface area contributed by atoms with Crippen LogP contribution in [0.2, 0.25) is 0 Å². The summed E-state index contributed by atoms with van der Waals surface area (Å²) in [6.07, 6.45) is 3.92. The SMILES string of the molecule is O=C(Nc1ccc2c(c1)OCCO2)c1cnc2occn2c1=O. The van der Waals surface area contributed by atoms with Gasteiger partial charge in [-0.05, 0) is 12.1 Å². The summed E-state index contributed by atoms with van der Waals surface area (Å²) in [6.45, 7) is 0.943. The number of oxazole rings is 1. The van der Waals surface area contributed by atoms with Gasteiger partial charge in [-0.2, -0.15) is 0 Å². The normalized spacial score (nSPS) is 13.0. The fourth-order valence-electron chi connectivity index (χ4n) is 2.30. The number of anilines is 1. The molecule has 0 bridgehead atoms. The fourth-order valence-corrected chi connectivity index (χ4v) is 2.30. The maximum Gasteiger partial charge on any atom is 0.308 e. The van der Waals surface area contributed by atoms with Gasteiger partial charge < -0.3 is 19.2 Å². The van der Waals surface area contributed by atoms with Gasteiger partial charge in [-0.15, -0.1) is 0 Å². The quantitative estimate of drug-likeness (QED) is 0.766. The summed E-state index contributed by atoms with van der Waals surface area (Å²) >= 11 is 0. The standard InChI is InChI=1S/C15H11N3O5/c19-13(10-8-16-15-18(14(10)20)3-4-23-15)17-9-1-2-11-12(7-9)22-6-5-21-11/h1-4,7-8H,5-6H2,(H,17,19). The van der Waals surface area contributed by atoms with Gasteiger partial charge in [0.15, 0.2) is 11.5 Å². The largest absolute Gasteiger partial charge is 0.486 e. The summed E-state index contributed by atoms with van der Waals surface area (Å²) in [4.78, 5) is 28.4. The molecule has 1 aliphatic heterocycles. The Morgan fingerprint density at radius 1 is 1.22 bits per heavy atom. The smallest absolute Gasteiger partial charge is 0.308 e. The summed E-state index contributed by atoms with van der Waals surface area (Å²) in [5.41, 5.74) is -0.0893. The Kier molecular flexibility index (Phi) is 3.00. The average molecular weight is 313 g/mol. The third kappa shape index (κ3) is 2.30. The van der Waals surface area contributed by atoms with Crippen molar-refractivity contribution in [3.05, 3.63) is 52.8 Å². The van der Waals surface area contributed by atoms with Crippen molar-refractivity contribution in [2.75, 3.05) is 18.5 Å². The van der Waals surface area contributed by atoms with Crippen LogP contribution in [0.4, 0.5) is 5.69 Å². The highest BCUT2D eigenvalue weighted by molar-refractivity contribution is 6.04. The molecule has 1 N–H and O–H groups in total. The summed E-state index contributed by atoms with van der Waals surface area (Å²) in [5, 5.41) is 2.65. The minimum Gasteiger partial charge on any atom is -0.486 e. The molecule has 8 nitrogen and oxygen atoms in total. The minimum absolute atomic E-state index is 0.0845. The van der Waals surface area contributed by atoms with E-state index in [2.05, 4.69) is 10.3 Å². The number of nitrogens with one attached hydrogen (secondary N) is 1. The number of hydrogen-bond donors (Lipinski definition) is 1. The number of carbonyl (C=O) groups excluding carboxylic acids is 1. The van der Waals surface area contributed by atoms with Crippen molar-refractivity contribution >= 4 is 17.4 Å². The van der Waals surface area contributed by atoms with Gasteiger partial charge in [0, 0.05) is 11.8 Å². The maximum absolute atomic E-state index is 12.3. The van der Waals surface area contributed by atoms with Crippen LogP contribution in [-0.2, 0) is 0 Å². The highest BCUT2D eigenvalue weighted by atomic mass is 16.6. The Hall–Kier alpha value is -3.29. The lowest BCUT2D eigenvalue weighted by Crippen LogP contribution is -2.26. The van der Waals surface area contributed by atoms with E-state index < -0.39 is 11.5 Å². The number of benzene rings is 1. The molecule has 23 heavy (non-hydrogen) atoms. The van der Waals surface area contributed by atoms with Crippen LogP contribution in [0.15, 0.2) is 46.1 Å². The van der Waals surface area contributed by atoms with E-state index in [1.165, 1.54) is 23.1 Å². The molecule has 116 valence electrons. The Morgan fingerprint density at radius 3 is 2.91 bits per heavy atom. The zero-order chi connectivity index (χ0) is 15.8. The number of amides is 1. The molecule has 2 aromatic heterocycles. The number of rotatable bonds is 2. The lowest BCUT2D eigenvalue weighted by atomic mass is 10.2. The molecule has 1 amide bonds. The van der Waals surface area contributed by atoms with Crippen molar-refractivity contribution < 1.29 is 18.7 Å². The molecule has 0 atom stereocenters. The molecule has 0 saturated heterocycles. The molecule has 4 rings (SSSR count). The van der Waals surface area contributed by atoms with E-state index in [1.807, 2.05) is 0 Å². The molecule has 0 radical (unpaired) electrons. The van der Waals surface area contributed by atoms with Crippen molar-refractivity contribution in [1.82, 2.24) is 9.38 Å². The van der Waals surface area contributed by atoms with Crippen LogP contribution in [0, 0.1) is 0 Å². The molecule has 0 saturated carbocycles. The van der Waals surface area contributed by atoms with E-state index in [0.29, 0.717) is 30.4 Å². The second-order valence-electron chi connectivity index (χ2n) is 4.85. The van der Waals surface area contributed by atoms with Crippen LogP contribution < -0.4 is 20.3 Å². The molecule has 3 aromatic rings. The molecular weight excluding hydrogens is 302 g/mol. The lowest BCUT2D eigenvalue weighted by Gasteiger charge is -2.18. The topological polar surface area (TPSA) is 95.1 Å². The fraction of sp³-hybridized carbons (Fsp3) is 0.133. The highest BCUT2D eigenvalue weighted by Crippen LogP contribution is 2.32. The van der Waals surface area contributed by atoms with Gasteiger partial charge >= 0.3 is 5.84 Å². The third-order valence-electron chi connectivity index (χ3n) is 3.39. The van der Waals surface area contributed by atoms with Gasteiger partial charge in [-0.25, -0.2) is 9.38 Å². The van der Waals surface area contributed by atoms with E-state index in [1.54, 1.807) is 18.2 Å². The van der Waals surface area contributed by atoms with Crippen LogP contribution >= 0.6 is 0 Å². The van der Waals surface area contributed by atoms with Crippen LogP contribution in [0.3, 0.4) is 0 Å². The van der Waals surface area contributed by atoms with Crippen molar-refractivity contribution in [2.45, 2.75) is 0 Å². The molecular formula is C15H11N3O5. The lowest BCUT2D eigenvalue weighted by molar-refractivity contribution is 0.102. The van der Waals surface area contributed by atoms with Crippen LogP contribution in [-0.4, -0.2) is 28.5 Å². The first-order valence-electron chi connectivity index (χ1n) is 6.88. The number of ether oxygens (including phenoxy) is 2. The van der Waals surface area contributed by atoms with Gasteiger partial charge in [0.2, 0.25) is 0 Å². The molecule has 0 aliphatic carbocycles. The number of carbonyl (C=O) groups is 1. The first-order valence-corrected chi connectivity index (χ1v) is 6.88. The predicted octanol–water partition coefficient (Wildman–Crippen LogP) is 1.31. The molecule has 1 aromatic carbocycles. The molecule has 0 unspecified atom stereocenters. The van der Waals surface area contributed by atoms with Crippen molar-refractivity contribution in [3.8, 4) is 11.5 Å². The molecule has 3 heterocycles. The molecule has 1 aliphatic rings. The van der Waals surface area contributed by atoms with Crippen LogP contribution in [0.5, 0.6) is 11.5 Å². The molecule has 0 fully saturated rings. The summed E-state index contributed by atoms with van der Waals surface area (Å²) in [6, 6.07) is 5.02. The van der Waals surface area contributed by atoms with E-state index in [-0.39, 0.29) is 11.4 Å². The summed E-state index contributed by atoms with van der Waals surface area (Å²) in [7, 11) is 0. The summed E-state index contributed by atoms with van der Waals surface area (Å²) in [5.74, 6) is 0.741. The van der Waals surface area contributed by atoms with E-state index in [0.717, 1.165) is 0 Å². The van der Waals surface area contributed by atoms with Gasteiger partial charge in [0.25, 0.3) is 11.5 Å². The molecule has 0 spiro atoms. The number of nitrogens with zero attached hydrogens (tertiary/aromatic N) is 2. The first-order chi connectivity index (χ1) is 11.2. The predicted molar refractivity (Wildman–Crippen MR) is 79.1 cm³/mol. The van der Waals surface area contributed by atoms with E-state index in [4.69, 9.17) is 13.9 Å². The number of fused-ring (bicyclic) bond motifs is 2. The van der Waals surface area contributed by atoms with Gasteiger partial charge in [-0.1, -0.05) is 0 Å².